The van der Waals surface area contributed by atoms with Gasteiger partial charge >= 0.3 is 0 Å². The predicted molar refractivity (Wildman–Crippen MR) is 64.5 cm³/mol. The van der Waals surface area contributed by atoms with Crippen molar-refractivity contribution in [1.29, 1.82) is 0 Å². The second kappa shape index (κ2) is 6.93. The minimum atomic E-state index is 0.474. The van der Waals surface area contributed by atoms with Crippen LogP contribution >= 0.6 is 11.3 Å². The lowest BCUT2D eigenvalue weighted by molar-refractivity contribution is 0.137. The Bertz CT molecular complexity index is 275. The Kier molecular flexibility index (Phi) is 5.83. The number of hydrogen-bond acceptors (Lipinski definition) is 4. The SMILES string of the molecule is CCOCCC(Cc1nc(C)cs1)NC. The lowest BCUT2D eigenvalue weighted by Gasteiger charge is -2.14. The van der Waals surface area contributed by atoms with E-state index in [0.717, 1.165) is 31.7 Å². The number of nitrogens with one attached hydrogen (secondary N) is 1. The molecule has 0 bridgehead atoms. The Morgan fingerprint density at radius 2 is 2.40 bits per heavy atom. The lowest BCUT2D eigenvalue weighted by Crippen LogP contribution is -2.29. The van der Waals surface area contributed by atoms with Crippen molar-refractivity contribution in [2.24, 2.45) is 0 Å². The Labute approximate surface area is 95.9 Å². The van der Waals surface area contributed by atoms with Crippen molar-refractivity contribution in [3.8, 4) is 0 Å². The van der Waals surface area contributed by atoms with Crippen LogP contribution in [0.1, 0.15) is 24.0 Å². The molecule has 0 fully saturated rings. The molecule has 1 N–H and O–H groups in total. The van der Waals surface area contributed by atoms with E-state index in [1.807, 2.05) is 20.9 Å². The van der Waals surface area contributed by atoms with Crippen LogP contribution < -0.4 is 5.32 Å². The van der Waals surface area contributed by atoms with Gasteiger partial charge in [-0.15, -0.1) is 11.3 Å². The largest absolute Gasteiger partial charge is 0.382 e. The van der Waals surface area contributed by atoms with Crippen LogP contribution in [0.15, 0.2) is 5.38 Å². The van der Waals surface area contributed by atoms with Gasteiger partial charge in [-0.05, 0) is 27.3 Å². The first-order valence-electron chi connectivity index (χ1n) is 5.42. The van der Waals surface area contributed by atoms with Crippen LogP contribution in [-0.2, 0) is 11.2 Å². The molecule has 15 heavy (non-hydrogen) atoms. The van der Waals surface area contributed by atoms with E-state index >= 15 is 0 Å². The van der Waals surface area contributed by atoms with Gasteiger partial charge in [-0.3, -0.25) is 0 Å². The van der Waals surface area contributed by atoms with Gasteiger partial charge in [0.2, 0.25) is 0 Å². The van der Waals surface area contributed by atoms with Crippen LogP contribution in [0.5, 0.6) is 0 Å². The number of hydrogen-bond donors (Lipinski definition) is 1. The second-order valence-corrected chi connectivity index (χ2v) is 4.50. The lowest BCUT2D eigenvalue weighted by atomic mass is 10.1. The highest BCUT2D eigenvalue weighted by Gasteiger charge is 2.09. The van der Waals surface area contributed by atoms with Gasteiger partial charge in [0.1, 0.15) is 0 Å². The molecule has 0 aliphatic rings. The monoisotopic (exact) mass is 228 g/mol. The minimum absolute atomic E-state index is 0.474. The van der Waals surface area contributed by atoms with E-state index in [2.05, 4.69) is 15.7 Å². The molecule has 0 aliphatic carbocycles. The van der Waals surface area contributed by atoms with Crippen molar-refractivity contribution in [3.05, 3.63) is 16.1 Å². The average Bonchev–Trinajstić information content (AvgIpc) is 2.63. The third kappa shape index (κ3) is 4.73. The number of rotatable bonds is 7. The normalized spacial score (nSPS) is 13.0. The average molecular weight is 228 g/mol. The van der Waals surface area contributed by atoms with Gasteiger partial charge in [0.05, 0.1) is 5.01 Å². The van der Waals surface area contributed by atoms with Crippen LogP contribution in [0.3, 0.4) is 0 Å². The van der Waals surface area contributed by atoms with Crippen molar-refractivity contribution >= 4 is 11.3 Å². The van der Waals surface area contributed by atoms with Gasteiger partial charge < -0.3 is 10.1 Å². The topological polar surface area (TPSA) is 34.1 Å². The molecule has 0 amide bonds. The quantitative estimate of drug-likeness (QED) is 0.725. The fraction of sp³-hybridized carbons (Fsp3) is 0.727. The van der Waals surface area contributed by atoms with Crippen molar-refractivity contribution in [3.63, 3.8) is 0 Å². The van der Waals surface area contributed by atoms with Gasteiger partial charge in [-0.1, -0.05) is 0 Å². The van der Waals surface area contributed by atoms with E-state index in [4.69, 9.17) is 4.74 Å². The highest BCUT2D eigenvalue weighted by atomic mass is 32.1. The third-order valence-electron chi connectivity index (χ3n) is 2.31. The highest BCUT2D eigenvalue weighted by Crippen LogP contribution is 2.12. The molecule has 1 aromatic heterocycles. The molecule has 1 aromatic rings. The molecule has 0 aliphatic heterocycles. The number of likely N-dealkylation sites (N-methyl/N-ethyl adjacent to an activating group) is 1. The summed E-state index contributed by atoms with van der Waals surface area (Å²) in [4.78, 5) is 4.46. The Morgan fingerprint density at radius 3 is 2.93 bits per heavy atom. The summed E-state index contributed by atoms with van der Waals surface area (Å²) >= 11 is 1.74. The predicted octanol–water partition coefficient (Wildman–Crippen LogP) is 2.01. The minimum Gasteiger partial charge on any atom is -0.382 e. The van der Waals surface area contributed by atoms with Gasteiger partial charge in [-0.2, -0.15) is 0 Å². The summed E-state index contributed by atoms with van der Waals surface area (Å²) in [5.74, 6) is 0. The number of aryl methyl sites for hydroxylation is 1. The summed E-state index contributed by atoms with van der Waals surface area (Å²) in [6, 6.07) is 0.474. The van der Waals surface area contributed by atoms with Crippen molar-refractivity contribution in [2.75, 3.05) is 20.3 Å². The molecule has 4 heteroatoms. The fourth-order valence-electron chi connectivity index (χ4n) is 1.43. The first-order valence-corrected chi connectivity index (χ1v) is 6.30. The fourth-order valence-corrected chi connectivity index (χ4v) is 2.28. The smallest absolute Gasteiger partial charge is 0.0943 e. The number of nitrogens with zero attached hydrogens (tertiary/aromatic N) is 1. The molecule has 1 unspecified atom stereocenters. The molecule has 0 spiro atoms. The summed E-state index contributed by atoms with van der Waals surface area (Å²) in [7, 11) is 2.00. The van der Waals surface area contributed by atoms with Crippen LogP contribution in [-0.4, -0.2) is 31.3 Å². The molecule has 0 saturated carbocycles. The maximum Gasteiger partial charge on any atom is 0.0943 e. The molecule has 86 valence electrons. The van der Waals surface area contributed by atoms with E-state index in [0.29, 0.717) is 6.04 Å². The van der Waals surface area contributed by atoms with E-state index in [1.54, 1.807) is 11.3 Å². The van der Waals surface area contributed by atoms with Gasteiger partial charge in [-0.25, -0.2) is 4.98 Å². The number of aromatic nitrogens is 1. The molecule has 0 aromatic carbocycles. The van der Waals surface area contributed by atoms with E-state index in [-0.39, 0.29) is 0 Å². The summed E-state index contributed by atoms with van der Waals surface area (Å²) in [5.41, 5.74) is 1.12. The Hall–Kier alpha value is -0.450. The molecule has 0 radical (unpaired) electrons. The first kappa shape index (κ1) is 12.6. The van der Waals surface area contributed by atoms with Crippen molar-refractivity contribution in [2.45, 2.75) is 32.7 Å². The zero-order chi connectivity index (χ0) is 11.1. The Morgan fingerprint density at radius 1 is 1.60 bits per heavy atom. The van der Waals surface area contributed by atoms with Crippen LogP contribution in [0.25, 0.3) is 0 Å². The van der Waals surface area contributed by atoms with E-state index < -0.39 is 0 Å². The molecule has 0 saturated heterocycles. The summed E-state index contributed by atoms with van der Waals surface area (Å²) in [6.45, 7) is 5.69. The van der Waals surface area contributed by atoms with Gasteiger partial charge in [0.15, 0.2) is 0 Å². The second-order valence-electron chi connectivity index (χ2n) is 3.56. The van der Waals surface area contributed by atoms with Crippen LogP contribution in [0.4, 0.5) is 0 Å². The van der Waals surface area contributed by atoms with Gasteiger partial charge in [0.25, 0.3) is 0 Å². The standard InChI is InChI=1S/C11H20N2OS/c1-4-14-6-5-10(12-3)7-11-13-9(2)8-15-11/h8,10,12H,4-7H2,1-3H3. The van der Waals surface area contributed by atoms with Crippen molar-refractivity contribution in [1.82, 2.24) is 10.3 Å². The molecule has 3 nitrogen and oxygen atoms in total. The third-order valence-corrected chi connectivity index (χ3v) is 3.30. The summed E-state index contributed by atoms with van der Waals surface area (Å²) < 4.78 is 5.35. The zero-order valence-corrected chi connectivity index (χ0v) is 10.6. The first-order chi connectivity index (χ1) is 7.26. The maximum atomic E-state index is 5.35. The number of thiazole rings is 1. The summed E-state index contributed by atoms with van der Waals surface area (Å²) in [5, 5.41) is 6.62. The van der Waals surface area contributed by atoms with Crippen LogP contribution in [0, 0.1) is 6.92 Å². The number of ether oxygens (including phenoxy) is 1. The van der Waals surface area contributed by atoms with Crippen LogP contribution in [0.2, 0.25) is 0 Å². The molecular formula is C11H20N2OS. The molecule has 1 heterocycles. The molecular weight excluding hydrogens is 208 g/mol. The Balaban J connectivity index is 2.33. The van der Waals surface area contributed by atoms with Crippen molar-refractivity contribution < 1.29 is 4.74 Å². The molecule has 1 atom stereocenters. The maximum absolute atomic E-state index is 5.35. The highest BCUT2D eigenvalue weighted by molar-refractivity contribution is 7.09. The molecule has 1 rings (SSSR count). The van der Waals surface area contributed by atoms with E-state index in [9.17, 15) is 0 Å². The summed E-state index contributed by atoms with van der Waals surface area (Å²) in [6.07, 6.45) is 2.05. The van der Waals surface area contributed by atoms with E-state index in [1.165, 1.54) is 5.01 Å². The van der Waals surface area contributed by atoms with Gasteiger partial charge in [0, 0.05) is 36.8 Å². The zero-order valence-electron chi connectivity index (χ0n) is 9.75.